The van der Waals surface area contributed by atoms with Crippen LogP contribution in [0.2, 0.25) is 0 Å². The Morgan fingerprint density at radius 1 is 1.47 bits per heavy atom. The fourth-order valence-corrected chi connectivity index (χ4v) is 1.87. The molecule has 0 spiro atoms. The minimum Gasteiger partial charge on any atom is -0.480 e. The summed E-state index contributed by atoms with van der Waals surface area (Å²) in [6.07, 6.45) is 3.54. The average Bonchev–Trinajstić information content (AvgIpc) is 2.61. The summed E-state index contributed by atoms with van der Waals surface area (Å²) >= 11 is 0. The number of hydrogen-bond acceptors (Lipinski definition) is 3. The maximum atomic E-state index is 11.7. The van der Waals surface area contributed by atoms with Gasteiger partial charge in [0.1, 0.15) is 6.04 Å². The van der Waals surface area contributed by atoms with Gasteiger partial charge in [0, 0.05) is 0 Å². The van der Waals surface area contributed by atoms with Gasteiger partial charge in [0.2, 0.25) is 5.91 Å². The van der Waals surface area contributed by atoms with Crippen LogP contribution in [0.25, 0.3) is 0 Å². The van der Waals surface area contributed by atoms with Crippen molar-refractivity contribution in [3.05, 3.63) is 0 Å². The van der Waals surface area contributed by atoms with Crippen molar-refractivity contribution >= 4 is 11.9 Å². The molecule has 5 heteroatoms. The van der Waals surface area contributed by atoms with Gasteiger partial charge in [-0.3, -0.25) is 4.79 Å². The topological polar surface area (TPSA) is 92.4 Å². The predicted octanol–water partition coefficient (Wildman–Crippen LogP) is 0.237. The smallest absolute Gasteiger partial charge is 0.326 e. The van der Waals surface area contributed by atoms with Crippen LogP contribution in [-0.2, 0) is 9.59 Å². The molecule has 0 aromatic rings. The van der Waals surface area contributed by atoms with Crippen molar-refractivity contribution in [1.29, 1.82) is 0 Å². The van der Waals surface area contributed by atoms with E-state index in [1.807, 2.05) is 0 Å². The lowest BCUT2D eigenvalue weighted by atomic mass is 9.97. The van der Waals surface area contributed by atoms with E-state index in [2.05, 4.69) is 5.32 Å². The number of carbonyl (C=O) groups excluding carboxylic acids is 1. The Kier molecular flexibility index (Phi) is 3.68. The number of aliphatic carboxylic acids is 1. The van der Waals surface area contributed by atoms with Crippen LogP contribution in [0.4, 0.5) is 0 Å². The molecule has 0 bridgehead atoms. The van der Waals surface area contributed by atoms with Gasteiger partial charge < -0.3 is 16.2 Å². The van der Waals surface area contributed by atoms with Gasteiger partial charge in [0.05, 0.1) is 5.54 Å². The fourth-order valence-electron chi connectivity index (χ4n) is 1.87. The second-order valence-corrected chi connectivity index (χ2v) is 4.14. The molecule has 0 unspecified atom stereocenters. The summed E-state index contributed by atoms with van der Waals surface area (Å²) in [4.78, 5) is 22.5. The van der Waals surface area contributed by atoms with Gasteiger partial charge in [-0.15, -0.1) is 0 Å². The van der Waals surface area contributed by atoms with E-state index in [1.54, 1.807) is 6.92 Å². The Bertz CT molecular complexity index is 259. The molecule has 0 aromatic heterocycles. The van der Waals surface area contributed by atoms with Crippen LogP contribution in [0.5, 0.6) is 0 Å². The summed E-state index contributed by atoms with van der Waals surface area (Å²) in [5.74, 6) is -1.33. The van der Waals surface area contributed by atoms with E-state index in [1.165, 1.54) is 0 Å². The van der Waals surface area contributed by atoms with Gasteiger partial charge >= 0.3 is 5.97 Å². The van der Waals surface area contributed by atoms with Gasteiger partial charge in [-0.25, -0.2) is 4.79 Å². The summed E-state index contributed by atoms with van der Waals surface area (Å²) in [5.41, 5.74) is 5.06. The summed E-state index contributed by atoms with van der Waals surface area (Å²) in [7, 11) is 0. The number of rotatable bonds is 4. The lowest BCUT2D eigenvalue weighted by Gasteiger charge is -2.24. The highest BCUT2D eigenvalue weighted by molar-refractivity contribution is 5.90. The molecular formula is C10H18N2O3. The zero-order valence-electron chi connectivity index (χ0n) is 8.95. The number of carboxylic acid groups (broad SMARTS) is 1. The van der Waals surface area contributed by atoms with Crippen LogP contribution in [0, 0.1) is 0 Å². The first kappa shape index (κ1) is 12.0. The number of nitrogens with two attached hydrogens (primary N) is 1. The fraction of sp³-hybridized carbons (Fsp3) is 0.800. The van der Waals surface area contributed by atoms with E-state index in [4.69, 9.17) is 10.8 Å². The lowest BCUT2D eigenvalue weighted by molar-refractivity contribution is -0.142. The van der Waals surface area contributed by atoms with Crippen LogP contribution in [0.15, 0.2) is 0 Å². The van der Waals surface area contributed by atoms with Gasteiger partial charge in [-0.2, -0.15) is 0 Å². The first-order chi connectivity index (χ1) is 6.99. The number of hydrogen-bond donors (Lipinski definition) is 3. The van der Waals surface area contributed by atoms with Crippen LogP contribution in [-0.4, -0.2) is 28.6 Å². The molecular weight excluding hydrogens is 196 g/mol. The molecule has 1 aliphatic carbocycles. The van der Waals surface area contributed by atoms with Crippen LogP contribution in [0.1, 0.15) is 39.0 Å². The third kappa shape index (κ3) is 2.68. The summed E-state index contributed by atoms with van der Waals surface area (Å²) in [6, 6.07) is -0.821. The van der Waals surface area contributed by atoms with Crippen molar-refractivity contribution < 1.29 is 14.7 Å². The summed E-state index contributed by atoms with van der Waals surface area (Å²) in [6.45, 7) is 1.72. The predicted molar refractivity (Wildman–Crippen MR) is 55.2 cm³/mol. The third-order valence-electron chi connectivity index (χ3n) is 2.96. The largest absolute Gasteiger partial charge is 0.480 e. The molecule has 0 heterocycles. The molecule has 1 saturated carbocycles. The molecule has 1 amide bonds. The van der Waals surface area contributed by atoms with E-state index in [9.17, 15) is 9.59 Å². The first-order valence-corrected chi connectivity index (χ1v) is 5.32. The van der Waals surface area contributed by atoms with E-state index in [0.717, 1.165) is 12.8 Å². The van der Waals surface area contributed by atoms with E-state index < -0.39 is 17.6 Å². The Morgan fingerprint density at radius 3 is 2.40 bits per heavy atom. The van der Waals surface area contributed by atoms with Crippen LogP contribution in [0.3, 0.4) is 0 Å². The number of carbonyl (C=O) groups is 2. The number of carboxylic acids is 1. The molecule has 0 aromatic carbocycles. The summed E-state index contributed by atoms with van der Waals surface area (Å²) in [5, 5.41) is 11.3. The van der Waals surface area contributed by atoms with E-state index in [-0.39, 0.29) is 5.91 Å². The van der Waals surface area contributed by atoms with E-state index in [0.29, 0.717) is 19.3 Å². The minimum atomic E-state index is -1.01. The van der Waals surface area contributed by atoms with Crippen molar-refractivity contribution in [3.63, 3.8) is 0 Å². The molecule has 0 saturated heterocycles. The molecule has 0 aliphatic heterocycles. The molecule has 1 aliphatic rings. The SMILES string of the molecule is CC[C@H](NC(=O)C1(N)CCCC1)C(=O)O. The standard InChI is InChI=1S/C10H18N2O3/c1-2-7(8(13)14)12-9(15)10(11)5-3-4-6-10/h7H,2-6,11H2,1H3,(H,12,15)(H,13,14)/t7-/m0/s1. The van der Waals surface area contributed by atoms with Crippen molar-refractivity contribution in [2.75, 3.05) is 0 Å². The molecule has 1 fully saturated rings. The molecule has 86 valence electrons. The molecule has 1 atom stereocenters. The minimum absolute atomic E-state index is 0.325. The maximum absolute atomic E-state index is 11.7. The van der Waals surface area contributed by atoms with Gasteiger partial charge in [0.15, 0.2) is 0 Å². The normalized spacial score (nSPS) is 20.9. The highest BCUT2D eigenvalue weighted by Crippen LogP contribution is 2.27. The molecule has 5 nitrogen and oxygen atoms in total. The number of nitrogens with one attached hydrogen (secondary N) is 1. The highest BCUT2D eigenvalue weighted by Gasteiger charge is 2.38. The molecule has 15 heavy (non-hydrogen) atoms. The van der Waals surface area contributed by atoms with Crippen molar-refractivity contribution in [1.82, 2.24) is 5.32 Å². The first-order valence-electron chi connectivity index (χ1n) is 5.32. The third-order valence-corrected chi connectivity index (χ3v) is 2.96. The Balaban J connectivity index is 2.57. The second kappa shape index (κ2) is 4.61. The Labute approximate surface area is 89.0 Å². The quantitative estimate of drug-likeness (QED) is 0.625. The van der Waals surface area contributed by atoms with Crippen LogP contribution >= 0.6 is 0 Å². The molecule has 1 rings (SSSR count). The average molecular weight is 214 g/mol. The molecule has 0 radical (unpaired) electrons. The zero-order chi connectivity index (χ0) is 11.5. The van der Waals surface area contributed by atoms with Crippen molar-refractivity contribution in [2.45, 2.75) is 50.6 Å². The van der Waals surface area contributed by atoms with Gasteiger partial charge in [-0.05, 0) is 19.3 Å². The van der Waals surface area contributed by atoms with Gasteiger partial charge in [-0.1, -0.05) is 19.8 Å². The molecule has 4 N–H and O–H groups in total. The Hall–Kier alpha value is -1.10. The number of amides is 1. The van der Waals surface area contributed by atoms with Crippen molar-refractivity contribution in [2.24, 2.45) is 5.73 Å². The monoisotopic (exact) mass is 214 g/mol. The Morgan fingerprint density at radius 2 is 2.00 bits per heavy atom. The second-order valence-electron chi connectivity index (χ2n) is 4.14. The van der Waals surface area contributed by atoms with Gasteiger partial charge in [0.25, 0.3) is 0 Å². The zero-order valence-corrected chi connectivity index (χ0v) is 8.95. The van der Waals surface area contributed by atoms with E-state index >= 15 is 0 Å². The maximum Gasteiger partial charge on any atom is 0.326 e. The van der Waals surface area contributed by atoms with Crippen molar-refractivity contribution in [3.8, 4) is 0 Å². The highest BCUT2D eigenvalue weighted by atomic mass is 16.4. The summed E-state index contributed by atoms with van der Waals surface area (Å²) < 4.78 is 0. The lowest BCUT2D eigenvalue weighted by Crippen LogP contribution is -2.55. The van der Waals surface area contributed by atoms with Crippen LogP contribution < -0.4 is 11.1 Å².